The summed E-state index contributed by atoms with van der Waals surface area (Å²) in [5.74, 6) is 2.80. The Bertz CT molecular complexity index is 1240. The summed E-state index contributed by atoms with van der Waals surface area (Å²) in [6.45, 7) is 3.10. The van der Waals surface area contributed by atoms with Crippen molar-refractivity contribution in [1.82, 2.24) is 14.5 Å². The van der Waals surface area contributed by atoms with E-state index < -0.39 is 0 Å². The molecule has 4 aromatic rings. The van der Waals surface area contributed by atoms with E-state index in [1.54, 1.807) is 0 Å². The third-order valence-electron chi connectivity index (χ3n) is 7.50. The summed E-state index contributed by atoms with van der Waals surface area (Å²) < 4.78 is 8.83. The first-order valence-electron chi connectivity index (χ1n) is 12.2. The SMILES string of the molecule is Cn1c(CN2CCC(c3ccccc3OC3Cc4ccccc4C3)CC2)nc2ccccc21. The molecule has 2 aliphatic rings. The van der Waals surface area contributed by atoms with Gasteiger partial charge < -0.3 is 9.30 Å². The maximum atomic E-state index is 6.59. The van der Waals surface area contributed by atoms with Gasteiger partial charge in [0.15, 0.2) is 0 Å². The second kappa shape index (κ2) is 8.68. The van der Waals surface area contributed by atoms with Gasteiger partial charge in [-0.15, -0.1) is 0 Å². The van der Waals surface area contributed by atoms with Crippen LogP contribution in [0.3, 0.4) is 0 Å². The average Bonchev–Trinajstić information content (AvgIpc) is 3.40. The second-order valence-corrected chi connectivity index (χ2v) is 9.58. The molecular formula is C29H31N3O. The maximum absolute atomic E-state index is 6.59. The maximum Gasteiger partial charge on any atom is 0.123 e. The Morgan fingerprint density at radius 1 is 0.848 bits per heavy atom. The summed E-state index contributed by atoms with van der Waals surface area (Å²) in [4.78, 5) is 7.42. The lowest BCUT2D eigenvalue weighted by atomic mass is 9.88. The minimum Gasteiger partial charge on any atom is -0.489 e. The van der Waals surface area contributed by atoms with Gasteiger partial charge >= 0.3 is 0 Å². The number of aryl methyl sites for hydroxylation is 1. The zero-order chi connectivity index (χ0) is 22.2. The van der Waals surface area contributed by atoms with Crippen LogP contribution in [0.5, 0.6) is 5.75 Å². The predicted molar refractivity (Wildman–Crippen MR) is 133 cm³/mol. The van der Waals surface area contributed by atoms with Crippen molar-refractivity contribution < 1.29 is 4.74 Å². The molecule has 0 radical (unpaired) electrons. The van der Waals surface area contributed by atoms with Crippen LogP contribution in [0.15, 0.2) is 72.8 Å². The van der Waals surface area contributed by atoms with Gasteiger partial charge in [-0.05, 0) is 66.7 Å². The van der Waals surface area contributed by atoms with E-state index in [-0.39, 0.29) is 6.10 Å². The van der Waals surface area contributed by atoms with Gasteiger partial charge in [-0.1, -0.05) is 54.6 Å². The van der Waals surface area contributed by atoms with Crippen molar-refractivity contribution in [3.05, 3.63) is 95.3 Å². The number of para-hydroxylation sites is 3. The molecule has 1 saturated heterocycles. The standard InChI is InChI=1S/C29H31N3O/c1-31-27-12-6-5-11-26(27)30-29(31)20-32-16-14-21(15-17-32)25-10-4-7-13-28(25)33-24-18-22-8-2-3-9-23(22)19-24/h2-13,21,24H,14-20H2,1H3. The van der Waals surface area contributed by atoms with Gasteiger partial charge in [0, 0.05) is 19.9 Å². The highest BCUT2D eigenvalue weighted by Gasteiger charge is 2.27. The lowest BCUT2D eigenvalue weighted by Crippen LogP contribution is -2.33. The molecule has 1 aromatic heterocycles. The molecule has 4 nitrogen and oxygen atoms in total. The van der Waals surface area contributed by atoms with E-state index in [2.05, 4.69) is 89.3 Å². The largest absolute Gasteiger partial charge is 0.489 e. The van der Waals surface area contributed by atoms with E-state index in [0.29, 0.717) is 5.92 Å². The van der Waals surface area contributed by atoms with E-state index in [0.717, 1.165) is 62.4 Å². The van der Waals surface area contributed by atoms with Crippen LogP contribution in [0, 0.1) is 0 Å². The van der Waals surface area contributed by atoms with Crippen LogP contribution < -0.4 is 4.74 Å². The van der Waals surface area contributed by atoms with Crippen molar-refractivity contribution in [2.45, 2.75) is 44.2 Å². The fraction of sp³-hybridized carbons (Fsp3) is 0.345. The highest BCUT2D eigenvalue weighted by atomic mass is 16.5. The van der Waals surface area contributed by atoms with Gasteiger partial charge in [-0.3, -0.25) is 4.90 Å². The summed E-state index contributed by atoms with van der Waals surface area (Å²) in [6.07, 6.45) is 4.60. The molecule has 1 fully saturated rings. The number of rotatable bonds is 5. The van der Waals surface area contributed by atoms with Gasteiger partial charge in [-0.25, -0.2) is 4.98 Å². The van der Waals surface area contributed by atoms with Crippen LogP contribution in [-0.4, -0.2) is 33.6 Å². The third-order valence-corrected chi connectivity index (χ3v) is 7.50. The smallest absolute Gasteiger partial charge is 0.123 e. The highest BCUT2D eigenvalue weighted by Crippen LogP contribution is 2.36. The van der Waals surface area contributed by atoms with Crippen molar-refractivity contribution in [1.29, 1.82) is 0 Å². The minimum absolute atomic E-state index is 0.251. The molecule has 0 saturated carbocycles. The molecule has 1 aliphatic heterocycles. The molecule has 0 amide bonds. The number of imidazole rings is 1. The van der Waals surface area contributed by atoms with E-state index >= 15 is 0 Å². The number of piperidine rings is 1. The fourth-order valence-corrected chi connectivity index (χ4v) is 5.65. The summed E-state index contributed by atoms with van der Waals surface area (Å²) in [6, 6.07) is 25.9. The van der Waals surface area contributed by atoms with E-state index in [4.69, 9.17) is 9.72 Å². The van der Waals surface area contributed by atoms with Gasteiger partial charge in [0.05, 0.1) is 17.6 Å². The molecule has 2 heterocycles. The van der Waals surface area contributed by atoms with Gasteiger partial charge in [0.1, 0.15) is 17.7 Å². The molecule has 4 heteroatoms. The molecule has 6 rings (SSSR count). The molecule has 0 N–H and O–H groups in total. The number of hydrogen-bond acceptors (Lipinski definition) is 3. The van der Waals surface area contributed by atoms with Gasteiger partial charge in [-0.2, -0.15) is 0 Å². The van der Waals surface area contributed by atoms with E-state index in [1.807, 2.05) is 0 Å². The molecule has 0 bridgehead atoms. The van der Waals surface area contributed by atoms with Crippen LogP contribution in [0.4, 0.5) is 0 Å². The molecule has 168 valence electrons. The Morgan fingerprint density at radius 3 is 2.27 bits per heavy atom. The quantitative estimate of drug-likeness (QED) is 0.413. The van der Waals surface area contributed by atoms with Crippen molar-refractivity contribution in [3.8, 4) is 5.75 Å². The second-order valence-electron chi connectivity index (χ2n) is 9.58. The molecule has 33 heavy (non-hydrogen) atoms. The lowest BCUT2D eigenvalue weighted by molar-refractivity contribution is 0.188. The minimum atomic E-state index is 0.251. The number of likely N-dealkylation sites (tertiary alicyclic amines) is 1. The third kappa shape index (κ3) is 4.04. The van der Waals surface area contributed by atoms with Crippen LogP contribution in [0.2, 0.25) is 0 Å². The average molecular weight is 438 g/mol. The number of fused-ring (bicyclic) bond motifs is 2. The Balaban J connectivity index is 1.11. The summed E-state index contributed by atoms with van der Waals surface area (Å²) in [5, 5.41) is 0. The van der Waals surface area contributed by atoms with Crippen molar-refractivity contribution in [2.24, 2.45) is 7.05 Å². The van der Waals surface area contributed by atoms with Gasteiger partial charge in [0.25, 0.3) is 0 Å². The first-order valence-corrected chi connectivity index (χ1v) is 12.2. The summed E-state index contributed by atoms with van der Waals surface area (Å²) >= 11 is 0. The van der Waals surface area contributed by atoms with Crippen LogP contribution >= 0.6 is 0 Å². The lowest BCUT2D eigenvalue weighted by Gasteiger charge is -2.32. The monoisotopic (exact) mass is 437 g/mol. The number of aromatic nitrogens is 2. The van der Waals surface area contributed by atoms with Crippen molar-refractivity contribution in [2.75, 3.05) is 13.1 Å². The molecule has 0 unspecified atom stereocenters. The normalized spacial score (nSPS) is 17.5. The fourth-order valence-electron chi connectivity index (χ4n) is 5.65. The van der Waals surface area contributed by atoms with Crippen LogP contribution in [0.25, 0.3) is 11.0 Å². The molecular weight excluding hydrogens is 406 g/mol. The first-order chi connectivity index (χ1) is 16.2. The van der Waals surface area contributed by atoms with Crippen molar-refractivity contribution in [3.63, 3.8) is 0 Å². The van der Waals surface area contributed by atoms with E-state index in [1.165, 1.54) is 22.2 Å². The highest BCUT2D eigenvalue weighted by molar-refractivity contribution is 5.75. The number of hydrogen-bond donors (Lipinski definition) is 0. The molecule has 3 aromatic carbocycles. The molecule has 0 atom stereocenters. The topological polar surface area (TPSA) is 30.3 Å². The van der Waals surface area contributed by atoms with Crippen LogP contribution in [0.1, 0.15) is 41.3 Å². The Kier molecular flexibility index (Phi) is 5.39. The predicted octanol–water partition coefficient (Wildman–Crippen LogP) is 5.50. The zero-order valence-electron chi connectivity index (χ0n) is 19.3. The number of benzene rings is 3. The zero-order valence-corrected chi connectivity index (χ0v) is 19.3. The van der Waals surface area contributed by atoms with Gasteiger partial charge in [0.2, 0.25) is 0 Å². The first kappa shape index (κ1) is 20.5. The number of ether oxygens (including phenoxy) is 1. The Morgan fingerprint density at radius 2 is 1.52 bits per heavy atom. The number of nitrogens with zero attached hydrogens (tertiary/aromatic N) is 3. The molecule has 0 spiro atoms. The van der Waals surface area contributed by atoms with Crippen molar-refractivity contribution >= 4 is 11.0 Å². The Hall–Kier alpha value is -3.11. The summed E-state index contributed by atoms with van der Waals surface area (Å²) in [7, 11) is 2.13. The Labute approximate surface area is 195 Å². The molecule has 1 aliphatic carbocycles. The van der Waals surface area contributed by atoms with Crippen LogP contribution in [-0.2, 0) is 26.4 Å². The summed E-state index contributed by atoms with van der Waals surface area (Å²) in [5.41, 5.74) is 6.56. The van der Waals surface area contributed by atoms with E-state index in [9.17, 15) is 0 Å².